The second-order valence-electron chi connectivity index (χ2n) is 7.98. The highest BCUT2D eigenvalue weighted by Gasteiger charge is 2.31. The number of sulfonamides is 1. The van der Waals surface area contributed by atoms with E-state index in [1.54, 1.807) is 36.5 Å². The van der Waals surface area contributed by atoms with Crippen LogP contribution < -0.4 is 5.56 Å². The van der Waals surface area contributed by atoms with Gasteiger partial charge in [-0.3, -0.25) is 14.0 Å². The van der Waals surface area contributed by atoms with E-state index in [2.05, 4.69) is 18.8 Å². The van der Waals surface area contributed by atoms with Crippen molar-refractivity contribution >= 4 is 21.6 Å². The number of nitrogens with zero attached hydrogens (tertiary/aromatic N) is 4. The molecule has 168 valence electrons. The SMILES string of the molecule is CCC(C)c1ccc(S(=O)(=O)N2CCN(C(=O)c3cnc4ccccn4c3=O)CC2)cc1. The number of hydrogen-bond donors (Lipinski definition) is 0. The number of fused-ring (bicyclic) bond motifs is 1. The Balaban J connectivity index is 1.47. The van der Waals surface area contributed by atoms with Gasteiger partial charge in [0.2, 0.25) is 10.0 Å². The average Bonchev–Trinajstić information content (AvgIpc) is 2.83. The van der Waals surface area contributed by atoms with Crippen LogP contribution in [0.3, 0.4) is 0 Å². The van der Waals surface area contributed by atoms with Gasteiger partial charge in [-0.1, -0.05) is 32.0 Å². The number of carbonyl (C=O) groups excluding carboxylic acids is 1. The van der Waals surface area contributed by atoms with Crippen molar-refractivity contribution in [1.29, 1.82) is 0 Å². The number of carbonyl (C=O) groups is 1. The molecule has 0 bridgehead atoms. The van der Waals surface area contributed by atoms with Crippen LogP contribution in [0.25, 0.3) is 5.65 Å². The van der Waals surface area contributed by atoms with Crippen molar-refractivity contribution in [3.8, 4) is 0 Å². The van der Waals surface area contributed by atoms with Gasteiger partial charge in [0, 0.05) is 38.6 Å². The Bertz CT molecular complexity index is 1290. The lowest BCUT2D eigenvalue weighted by molar-refractivity contribution is 0.0695. The van der Waals surface area contributed by atoms with Crippen LogP contribution in [0, 0.1) is 0 Å². The molecule has 1 saturated heterocycles. The van der Waals surface area contributed by atoms with E-state index in [0.717, 1.165) is 12.0 Å². The average molecular weight is 455 g/mol. The monoisotopic (exact) mass is 454 g/mol. The molecule has 8 nitrogen and oxygen atoms in total. The lowest BCUT2D eigenvalue weighted by atomic mass is 9.99. The fourth-order valence-corrected chi connectivity index (χ4v) is 5.25. The van der Waals surface area contributed by atoms with Gasteiger partial charge in [0.25, 0.3) is 11.5 Å². The topological polar surface area (TPSA) is 92.1 Å². The number of rotatable bonds is 5. The number of aromatic nitrogens is 2. The molecule has 1 fully saturated rings. The molecule has 0 N–H and O–H groups in total. The van der Waals surface area contributed by atoms with Gasteiger partial charge in [0.05, 0.1) is 4.90 Å². The first kappa shape index (κ1) is 22.2. The maximum atomic E-state index is 13.0. The zero-order chi connectivity index (χ0) is 22.9. The fraction of sp³-hybridized carbons (Fsp3) is 0.348. The standard InChI is InChI=1S/C23H26N4O4S/c1-3-17(2)18-7-9-19(10-8-18)32(30,31)26-14-12-25(13-15-26)22(28)20-16-24-21-6-4-5-11-27(21)23(20)29/h4-11,16-17H,3,12-15H2,1-2H3. The van der Waals surface area contributed by atoms with Crippen LogP contribution in [-0.2, 0) is 10.0 Å². The van der Waals surface area contributed by atoms with Gasteiger partial charge in [0.15, 0.2) is 0 Å². The van der Waals surface area contributed by atoms with E-state index in [-0.39, 0.29) is 36.6 Å². The van der Waals surface area contributed by atoms with Gasteiger partial charge in [-0.05, 0) is 42.2 Å². The molecule has 32 heavy (non-hydrogen) atoms. The quantitative estimate of drug-likeness (QED) is 0.590. The Morgan fingerprint density at radius 2 is 1.75 bits per heavy atom. The molecule has 9 heteroatoms. The summed E-state index contributed by atoms with van der Waals surface area (Å²) in [5.41, 5.74) is 1.11. The van der Waals surface area contributed by atoms with Crippen LogP contribution in [0.15, 0.2) is 64.5 Å². The molecular formula is C23H26N4O4S. The van der Waals surface area contributed by atoms with Crippen LogP contribution in [0.1, 0.15) is 42.1 Å². The molecule has 2 aromatic heterocycles. The number of amides is 1. The Kier molecular flexibility index (Phi) is 6.12. The molecule has 1 aliphatic heterocycles. The van der Waals surface area contributed by atoms with Crippen molar-refractivity contribution < 1.29 is 13.2 Å². The Hall–Kier alpha value is -3.04. The van der Waals surface area contributed by atoms with Gasteiger partial charge >= 0.3 is 0 Å². The normalized spacial score (nSPS) is 16.2. The van der Waals surface area contributed by atoms with E-state index in [9.17, 15) is 18.0 Å². The van der Waals surface area contributed by atoms with E-state index < -0.39 is 21.5 Å². The summed E-state index contributed by atoms with van der Waals surface area (Å²) in [6, 6.07) is 12.2. The molecule has 1 amide bonds. The van der Waals surface area contributed by atoms with Crippen LogP contribution >= 0.6 is 0 Å². The van der Waals surface area contributed by atoms with Gasteiger partial charge in [0.1, 0.15) is 11.2 Å². The molecule has 0 radical (unpaired) electrons. The minimum atomic E-state index is -3.64. The molecule has 0 spiro atoms. The summed E-state index contributed by atoms with van der Waals surface area (Å²) in [5, 5.41) is 0. The Morgan fingerprint density at radius 3 is 2.41 bits per heavy atom. The number of hydrogen-bond acceptors (Lipinski definition) is 5. The van der Waals surface area contributed by atoms with E-state index in [1.807, 2.05) is 12.1 Å². The van der Waals surface area contributed by atoms with E-state index in [4.69, 9.17) is 0 Å². The highest BCUT2D eigenvalue weighted by Crippen LogP contribution is 2.23. The minimum absolute atomic E-state index is 0.0226. The van der Waals surface area contributed by atoms with E-state index in [1.165, 1.54) is 19.8 Å². The molecule has 3 aromatic rings. The van der Waals surface area contributed by atoms with Crippen molar-refractivity contribution in [1.82, 2.24) is 18.6 Å². The van der Waals surface area contributed by atoms with Crippen molar-refractivity contribution in [2.24, 2.45) is 0 Å². The highest BCUT2D eigenvalue weighted by molar-refractivity contribution is 7.89. The first-order chi connectivity index (χ1) is 15.3. The summed E-state index contributed by atoms with van der Waals surface area (Å²) in [5.74, 6) is -0.0642. The first-order valence-electron chi connectivity index (χ1n) is 10.7. The predicted molar refractivity (Wildman–Crippen MR) is 121 cm³/mol. The van der Waals surface area contributed by atoms with Crippen LogP contribution in [0.4, 0.5) is 0 Å². The lowest BCUT2D eigenvalue weighted by Gasteiger charge is -2.34. The third kappa shape index (κ3) is 4.05. The van der Waals surface area contributed by atoms with Crippen molar-refractivity contribution in [3.05, 3.63) is 76.3 Å². The summed E-state index contributed by atoms with van der Waals surface area (Å²) >= 11 is 0. The third-order valence-corrected chi connectivity index (χ3v) is 7.98. The fourth-order valence-electron chi connectivity index (χ4n) is 3.83. The number of pyridine rings is 1. The van der Waals surface area contributed by atoms with E-state index >= 15 is 0 Å². The molecule has 4 rings (SSSR count). The smallest absolute Gasteiger partial charge is 0.270 e. The summed E-state index contributed by atoms with van der Waals surface area (Å²) in [7, 11) is -3.64. The largest absolute Gasteiger partial charge is 0.336 e. The maximum Gasteiger partial charge on any atom is 0.270 e. The summed E-state index contributed by atoms with van der Waals surface area (Å²) in [4.78, 5) is 31.6. The zero-order valence-electron chi connectivity index (χ0n) is 18.1. The number of benzene rings is 1. The molecule has 1 atom stereocenters. The summed E-state index contributed by atoms with van der Waals surface area (Å²) in [6.45, 7) is 4.96. The first-order valence-corrected chi connectivity index (χ1v) is 12.1. The molecular weight excluding hydrogens is 428 g/mol. The molecule has 0 aliphatic carbocycles. The summed E-state index contributed by atoms with van der Waals surface area (Å²) in [6.07, 6.45) is 3.85. The van der Waals surface area contributed by atoms with Gasteiger partial charge in [-0.25, -0.2) is 13.4 Å². The molecule has 1 aromatic carbocycles. The van der Waals surface area contributed by atoms with Crippen molar-refractivity contribution in [3.63, 3.8) is 0 Å². The van der Waals surface area contributed by atoms with E-state index in [0.29, 0.717) is 11.6 Å². The van der Waals surface area contributed by atoms with Gasteiger partial charge in [-0.15, -0.1) is 0 Å². The lowest BCUT2D eigenvalue weighted by Crippen LogP contribution is -2.51. The Labute approximate surface area is 187 Å². The molecule has 0 saturated carbocycles. The van der Waals surface area contributed by atoms with Gasteiger partial charge < -0.3 is 4.90 Å². The van der Waals surface area contributed by atoms with Crippen molar-refractivity contribution in [2.75, 3.05) is 26.2 Å². The van der Waals surface area contributed by atoms with Crippen LogP contribution in [0.2, 0.25) is 0 Å². The maximum absolute atomic E-state index is 13.0. The van der Waals surface area contributed by atoms with Crippen LogP contribution in [-0.4, -0.2) is 59.1 Å². The summed E-state index contributed by atoms with van der Waals surface area (Å²) < 4.78 is 28.8. The molecule has 1 aliphatic rings. The minimum Gasteiger partial charge on any atom is -0.336 e. The second kappa shape index (κ2) is 8.84. The van der Waals surface area contributed by atoms with Crippen molar-refractivity contribution in [2.45, 2.75) is 31.1 Å². The molecule has 1 unspecified atom stereocenters. The second-order valence-corrected chi connectivity index (χ2v) is 9.92. The van der Waals surface area contributed by atoms with Gasteiger partial charge in [-0.2, -0.15) is 4.31 Å². The predicted octanol–water partition coefficient (Wildman–Crippen LogP) is 2.35. The number of piperazine rings is 1. The third-order valence-electron chi connectivity index (χ3n) is 6.07. The van der Waals surface area contributed by atoms with Crippen LogP contribution in [0.5, 0.6) is 0 Å². The Morgan fingerprint density at radius 1 is 1.06 bits per heavy atom. The molecule has 3 heterocycles. The highest BCUT2D eigenvalue weighted by atomic mass is 32.2. The zero-order valence-corrected chi connectivity index (χ0v) is 19.0.